The molecule has 0 saturated heterocycles. The summed E-state index contributed by atoms with van der Waals surface area (Å²) in [5.41, 5.74) is 2.89. The van der Waals surface area contributed by atoms with Gasteiger partial charge in [-0.05, 0) is 36.8 Å². The van der Waals surface area contributed by atoms with Crippen molar-refractivity contribution in [2.24, 2.45) is 4.99 Å². The normalized spacial score (nSPS) is 10.8. The highest BCUT2D eigenvalue weighted by Gasteiger charge is 2.08. The fourth-order valence-corrected chi connectivity index (χ4v) is 2.33. The van der Waals surface area contributed by atoms with E-state index in [1.54, 1.807) is 24.4 Å². The number of halogens is 2. The van der Waals surface area contributed by atoms with Gasteiger partial charge < -0.3 is 4.74 Å². The van der Waals surface area contributed by atoms with Gasteiger partial charge in [-0.15, -0.1) is 0 Å². The van der Waals surface area contributed by atoms with Gasteiger partial charge in [-0.1, -0.05) is 53.6 Å². The Morgan fingerprint density at radius 2 is 1.76 bits per heavy atom. The Kier molecular flexibility index (Phi) is 5.43. The largest absolute Gasteiger partial charge is 0.486 e. The molecule has 0 amide bonds. The van der Waals surface area contributed by atoms with Crippen LogP contribution in [0, 0.1) is 6.92 Å². The molecule has 4 heteroatoms. The summed E-state index contributed by atoms with van der Waals surface area (Å²) in [6.07, 6.45) is 3.36. The Labute approximate surface area is 134 Å². The minimum Gasteiger partial charge on any atom is -0.486 e. The molecule has 0 heterocycles. The van der Waals surface area contributed by atoms with Gasteiger partial charge in [0.05, 0.1) is 15.7 Å². The smallest absolute Gasteiger partial charge is 0.156 e. The lowest BCUT2D eigenvalue weighted by Gasteiger charge is -2.08. The summed E-state index contributed by atoms with van der Waals surface area (Å²) in [4.78, 5) is 4.39. The van der Waals surface area contributed by atoms with E-state index in [0.29, 0.717) is 22.4 Å². The molecule has 2 rings (SSSR count). The second kappa shape index (κ2) is 7.30. The zero-order valence-corrected chi connectivity index (χ0v) is 13.2. The molecule has 0 aliphatic heterocycles. The number of rotatable bonds is 5. The Hall–Kier alpha value is -1.77. The molecule has 21 heavy (non-hydrogen) atoms. The van der Waals surface area contributed by atoms with E-state index in [-0.39, 0.29) is 0 Å². The van der Waals surface area contributed by atoms with E-state index in [9.17, 15) is 0 Å². The van der Waals surface area contributed by atoms with Gasteiger partial charge in [0.15, 0.2) is 5.75 Å². The lowest BCUT2D eigenvalue weighted by Crippen LogP contribution is -1.95. The lowest BCUT2D eigenvalue weighted by atomic mass is 10.2. The van der Waals surface area contributed by atoms with Crippen molar-refractivity contribution in [3.05, 3.63) is 70.2 Å². The zero-order valence-electron chi connectivity index (χ0n) is 11.6. The molecule has 0 saturated carbocycles. The average molecular weight is 320 g/mol. The number of aryl methyl sites for hydroxylation is 1. The molecule has 0 spiro atoms. The van der Waals surface area contributed by atoms with E-state index in [1.165, 1.54) is 5.56 Å². The van der Waals surface area contributed by atoms with Crippen LogP contribution in [-0.2, 0) is 0 Å². The van der Waals surface area contributed by atoms with E-state index in [2.05, 4.69) is 11.6 Å². The first-order chi connectivity index (χ1) is 10.1. The third-order valence-corrected chi connectivity index (χ3v) is 3.32. The van der Waals surface area contributed by atoms with Crippen molar-refractivity contribution in [1.29, 1.82) is 0 Å². The summed E-state index contributed by atoms with van der Waals surface area (Å²) < 4.78 is 5.42. The van der Waals surface area contributed by atoms with Gasteiger partial charge in [-0.3, -0.25) is 4.99 Å². The highest BCUT2D eigenvalue weighted by molar-refractivity contribution is 6.37. The summed E-state index contributed by atoms with van der Waals surface area (Å²) in [7, 11) is 0. The maximum Gasteiger partial charge on any atom is 0.156 e. The average Bonchev–Trinajstić information content (AvgIpc) is 2.46. The van der Waals surface area contributed by atoms with Gasteiger partial charge in [0.1, 0.15) is 6.61 Å². The third kappa shape index (κ3) is 4.35. The second-order valence-electron chi connectivity index (χ2n) is 4.51. The highest BCUT2D eigenvalue weighted by atomic mass is 35.5. The molecule has 0 aromatic heterocycles. The summed E-state index contributed by atoms with van der Waals surface area (Å²) in [5.74, 6) is 0.464. The van der Waals surface area contributed by atoms with Crippen molar-refractivity contribution in [2.45, 2.75) is 6.92 Å². The van der Waals surface area contributed by atoms with Crippen LogP contribution in [0.15, 0.2) is 54.0 Å². The molecule has 2 aromatic rings. The highest BCUT2D eigenvalue weighted by Crippen LogP contribution is 2.34. The number of hydrogen-bond acceptors (Lipinski definition) is 2. The summed E-state index contributed by atoms with van der Waals surface area (Å²) >= 11 is 12.3. The van der Waals surface area contributed by atoms with Gasteiger partial charge >= 0.3 is 0 Å². The fourth-order valence-electron chi connectivity index (χ4n) is 1.71. The maximum absolute atomic E-state index is 6.17. The van der Waals surface area contributed by atoms with Crippen LogP contribution in [0.5, 0.6) is 5.75 Å². The van der Waals surface area contributed by atoms with E-state index in [1.807, 2.05) is 31.2 Å². The minimum absolute atomic E-state index is 0.357. The van der Waals surface area contributed by atoms with Gasteiger partial charge in [0, 0.05) is 6.21 Å². The molecule has 0 N–H and O–H groups in total. The first kappa shape index (κ1) is 15.6. The number of aliphatic imine (C=N–C) groups is 1. The molecule has 0 fully saturated rings. The summed E-state index contributed by atoms with van der Waals surface area (Å²) in [6.45, 7) is 5.98. The van der Waals surface area contributed by atoms with E-state index >= 15 is 0 Å². The number of nitrogens with zero attached hydrogens (tertiary/aromatic N) is 1. The van der Waals surface area contributed by atoms with Crippen molar-refractivity contribution < 1.29 is 4.74 Å². The van der Waals surface area contributed by atoms with E-state index in [4.69, 9.17) is 27.9 Å². The second-order valence-corrected chi connectivity index (χ2v) is 5.32. The molecule has 2 nitrogen and oxygen atoms in total. The Balaban J connectivity index is 2.21. The molecular formula is C17H15Cl2NO. The van der Waals surface area contributed by atoms with Crippen LogP contribution in [0.1, 0.15) is 11.1 Å². The van der Waals surface area contributed by atoms with Crippen LogP contribution in [0.2, 0.25) is 10.0 Å². The molecule has 0 aliphatic rings. The molecule has 2 aromatic carbocycles. The SMILES string of the molecule is C=CCOc1c(Cl)cc(C=Nc2ccc(C)cc2)cc1Cl. The fraction of sp³-hybridized carbons (Fsp3) is 0.118. The number of ether oxygens (including phenoxy) is 1. The molecule has 0 radical (unpaired) electrons. The van der Waals surface area contributed by atoms with Crippen LogP contribution in [-0.4, -0.2) is 12.8 Å². The lowest BCUT2D eigenvalue weighted by molar-refractivity contribution is 0.363. The Morgan fingerprint density at radius 1 is 1.14 bits per heavy atom. The van der Waals surface area contributed by atoms with Crippen molar-refractivity contribution in [3.63, 3.8) is 0 Å². The predicted octanol–water partition coefficient (Wildman–Crippen LogP) is 5.62. The van der Waals surface area contributed by atoms with Gasteiger partial charge in [-0.2, -0.15) is 0 Å². The Bertz CT molecular complexity index is 640. The molecular weight excluding hydrogens is 305 g/mol. The monoisotopic (exact) mass is 319 g/mol. The van der Waals surface area contributed by atoms with Crippen LogP contribution in [0.25, 0.3) is 0 Å². The molecule has 0 aliphatic carbocycles. The Morgan fingerprint density at radius 3 is 2.33 bits per heavy atom. The standard InChI is InChI=1S/C17H15Cl2NO/c1-3-8-21-17-15(18)9-13(10-16(17)19)11-20-14-6-4-12(2)5-7-14/h3-7,9-11H,1,8H2,2H3. The first-order valence-corrected chi connectivity index (χ1v) is 7.19. The van der Waals surface area contributed by atoms with Crippen LogP contribution < -0.4 is 4.74 Å². The quantitative estimate of drug-likeness (QED) is 0.518. The van der Waals surface area contributed by atoms with Crippen molar-refractivity contribution in [1.82, 2.24) is 0 Å². The summed E-state index contributed by atoms with van der Waals surface area (Å²) in [5, 5.41) is 0.907. The van der Waals surface area contributed by atoms with Crippen molar-refractivity contribution in [2.75, 3.05) is 6.61 Å². The molecule has 0 unspecified atom stereocenters. The van der Waals surface area contributed by atoms with E-state index in [0.717, 1.165) is 11.3 Å². The van der Waals surface area contributed by atoms with E-state index < -0.39 is 0 Å². The van der Waals surface area contributed by atoms with Crippen molar-refractivity contribution in [3.8, 4) is 5.75 Å². The molecule has 0 bridgehead atoms. The van der Waals surface area contributed by atoms with Crippen LogP contribution >= 0.6 is 23.2 Å². The zero-order chi connectivity index (χ0) is 15.2. The van der Waals surface area contributed by atoms with Gasteiger partial charge in [0.2, 0.25) is 0 Å². The predicted molar refractivity (Wildman–Crippen MR) is 90.6 cm³/mol. The molecule has 0 atom stereocenters. The third-order valence-electron chi connectivity index (χ3n) is 2.76. The first-order valence-electron chi connectivity index (χ1n) is 6.43. The van der Waals surface area contributed by atoms with Crippen molar-refractivity contribution >= 4 is 35.1 Å². The maximum atomic E-state index is 6.17. The van der Waals surface area contributed by atoms with Gasteiger partial charge in [-0.25, -0.2) is 0 Å². The number of benzene rings is 2. The van der Waals surface area contributed by atoms with Gasteiger partial charge in [0.25, 0.3) is 0 Å². The summed E-state index contributed by atoms with van der Waals surface area (Å²) in [6, 6.07) is 11.5. The van der Waals surface area contributed by atoms with Crippen LogP contribution in [0.4, 0.5) is 5.69 Å². The topological polar surface area (TPSA) is 21.6 Å². The van der Waals surface area contributed by atoms with Crippen LogP contribution in [0.3, 0.4) is 0 Å². The molecule has 108 valence electrons. The minimum atomic E-state index is 0.357. The number of hydrogen-bond donors (Lipinski definition) is 0.